The quantitative estimate of drug-likeness (QED) is 0.649. The minimum atomic E-state index is -2.98. The first kappa shape index (κ1) is 25.4. The maximum absolute atomic E-state index is 12.4. The van der Waals surface area contributed by atoms with Crippen LogP contribution < -0.4 is 15.5 Å². The van der Waals surface area contributed by atoms with E-state index in [2.05, 4.69) is 60.2 Å². The Labute approximate surface area is 208 Å². The third-order valence-electron chi connectivity index (χ3n) is 7.82. The number of aromatic nitrogens is 2. The molecule has 0 atom stereocenters. The summed E-state index contributed by atoms with van der Waals surface area (Å²) < 4.78 is 23.4. The highest BCUT2D eigenvalue weighted by Gasteiger charge is 2.44. The van der Waals surface area contributed by atoms with Gasteiger partial charge in [0.15, 0.2) is 9.84 Å². The zero-order chi connectivity index (χ0) is 25.3. The van der Waals surface area contributed by atoms with Gasteiger partial charge in [0.25, 0.3) is 0 Å². The van der Waals surface area contributed by atoms with Crippen molar-refractivity contribution in [3.8, 4) is 0 Å². The van der Waals surface area contributed by atoms with Gasteiger partial charge in [-0.2, -0.15) is 0 Å². The van der Waals surface area contributed by atoms with E-state index < -0.39 is 15.9 Å². The fourth-order valence-electron chi connectivity index (χ4n) is 5.38. The number of nitrogens with two attached hydrogens (primary N) is 1. The van der Waals surface area contributed by atoms with Gasteiger partial charge in [-0.05, 0) is 50.8 Å². The maximum Gasteiger partial charge on any atom is 0.319 e. The van der Waals surface area contributed by atoms with Gasteiger partial charge in [0.1, 0.15) is 0 Å². The van der Waals surface area contributed by atoms with Crippen LogP contribution in [0, 0.1) is 5.41 Å². The predicted molar refractivity (Wildman–Crippen MR) is 138 cm³/mol. The van der Waals surface area contributed by atoms with Crippen molar-refractivity contribution in [2.45, 2.75) is 38.1 Å². The van der Waals surface area contributed by atoms with Crippen molar-refractivity contribution < 1.29 is 13.2 Å². The van der Waals surface area contributed by atoms with Crippen molar-refractivity contribution in [2.24, 2.45) is 11.1 Å². The van der Waals surface area contributed by atoms with Crippen LogP contribution in [0.4, 0.5) is 16.4 Å². The lowest BCUT2D eigenvalue weighted by Gasteiger charge is -2.50. The van der Waals surface area contributed by atoms with Crippen molar-refractivity contribution in [2.75, 3.05) is 55.0 Å². The number of anilines is 2. The number of hydrogen-bond donors (Lipinski definition) is 1. The maximum atomic E-state index is 12.4. The van der Waals surface area contributed by atoms with Crippen molar-refractivity contribution in [3.63, 3.8) is 0 Å². The normalized spacial score (nSPS) is 26.5. The minimum Gasteiger partial charge on any atom is -0.351 e. The molecule has 2 aliphatic rings. The number of sulfone groups is 1. The van der Waals surface area contributed by atoms with Gasteiger partial charge in [-0.25, -0.2) is 23.2 Å². The monoisotopic (exact) mass is 500 g/mol. The Kier molecular flexibility index (Phi) is 7.06. The highest BCUT2D eigenvalue weighted by molar-refractivity contribution is 7.91. The van der Waals surface area contributed by atoms with E-state index in [9.17, 15) is 13.2 Å². The average molecular weight is 501 g/mol. The van der Waals surface area contributed by atoms with Gasteiger partial charge < -0.3 is 10.6 Å². The van der Waals surface area contributed by atoms with E-state index in [0.717, 1.165) is 25.7 Å². The molecule has 10 heteroatoms. The molecule has 4 rings (SSSR count). The molecule has 2 heterocycles. The van der Waals surface area contributed by atoms with Crippen LogP contribution in [0.3, 0.4) is 0 Å². The second-order valence-corrected chi connectivity index (χ2v) is 12.7. The first-order chi connectivity index (χ1) is 16.5. The molecule has 1 aliphatic carbocycles. The number of rotatable bonds is 6. The molecule has 2 amide bonds. The molecule has 0 unspecified atom stereocenters. The molecule has 2 N–H and O–H groups in total. The number of primary amides is 1. The van der Waals surface area contributed by atoms with Crippen LogP contribution in [-0.4, -0.2) is 74.6 Å². The minimum absolute atomic E-state index is 0.0228. The summed E-state index contributed by atoms with van der Waals surface area (Å²) in [5.41, 5.74) is 7.56. The summed E-state index contributed by atoms with van der Waals surface area (Å²) in [6.07, 6.45) is 7.09. The molecule has 1 aromatic heterocycles. The number of nitrogens with zero attached hydrogens (tertiary/aromatic N) is 5. The summed E-state index contributed by atoms with van der Waals surface area (Å²) >= 11 is 0. The van der Waals surface area contributed by atoms with Crippen LogP contribution in [0.2, 0.25) is 0 Å². The van der Waals surface area contributed by atoms with Crippen LogP contribution in [0.5, 0.6) is 0 Å². The highest BCUT2D eigenvalue weighted by Crippen LogP contribution is 2.48. The Morgan fingerprint density at radius 1 is 1.03 bits per heavy atom. The lowest BCUT2D eigenvalue weighted by atomic mass is 9.65. The molecular weight excluding hydrogens is 464 g/mol. The lowest BCUT2D eigenvalue weighted by molar-refractivity contribution is 0.0459. The van der Waals surface area contributed by atoms with Crippen molar-refractivity contribution in [3.05, 3.63) is 48.3 Å². The summed E-state index contributed by atoms with van der Waals surface area (Å²) in [6, 6.07) is 10.1. The van der Waals surface area contributed by atoms with Crippen molar-refractivity contribution in [1.29, 1.82) is 0 Å². The first-order valence-electron chi connectivity index (χ1n) is 12.1. The molecular formula is C25H36N6O3S. The van der Waals surface area contributed by atoms with Gasteiger partial charge in [0.2, 0.25) is 5.95 Å². The standard InChI is InChI=1S/C25H36N6O3S/c1-24(9-11-25(12-10-24,29(2)3)20-7-5-4-6-8-20)19-31(22(26)32)21-17-27-23(28-18-21)30-13-15-35(33,34)16-14-30/h4-8,17-18H,9-16,19H2,1-3H3,(H2,26,32)/t24-,25-. The Morgan fingerprint density at radius 2 is 1.60 bits per heavy atom. The van der Waals surface area contributed by atoms with Crippen LogP contribution >= 0.6 is 0 Å². The van der Waals surface area contributed by atoms with Crippen LogP contribution in [0.15, 0.2) is 42.7 Å². The number of urea groups is 1. The molecule has 1 saturated carbocycles. The van der Waals surface area contributed by atoms with Gasteiger partial charge >= 0.3 is 6.03 Å². The number of carbonyl (C=O) groups is 1. The van der Waals surface area contributed by atoms with E-state index >= 15 is 0 Å². The average Bonchev–Trinajstić information content (AvgIpc) is 2.84. The SMILES string of the molecule is CN(C)[C@]1(c2ccccc2)CC[C@@](C)(CN(C(N)=O)c2cnc(N3CCS(=O)(=O)CC3)nc2)CC1. The lowest BCUT2D eigenvalue weighted by Crippen LogP contribution is -2.50. The summed E-state index contributed by atoms with van der Waals surface area (Å²) in [7, 11) is 1.30. The smallest absolute Gasteiger partial charge is 0.319 e. The Bertz CT molecular complexity index is 1120. The number of hydrogen-bond acceptors (Lipinski definition) is 7. The molecule has 1 aromatic carbocycles. The highest BCUT2D eigenvalue weighted by atomic mass is 32.2. The second kappa shape index (κ2) is 9.73. The Balaban J connectivity index is 1.46. The van der Waals surface area contributed by atoms with E-state index in [0.29, 0.717) is 31.3 Å². The van der Waals surface area contributed by atoms with Gasteiger partial charge in [0, 0.05) is 25.2 Å². The third kappa shape index (κ3) is 5.43. The zero-order valence-corrected chi connectivity index (χ0v) is 21.7. The van der Waals surface area contributed by atoms with E-state index in [4.69, 9.17) is 5.73 Å². The molecule has 2 aromatic rings. The Morgan fingerprint density at radius 3 is 2.11 bits per heavy atom. The fraction of sp³-hybridized carbons (Fsp3) is 0.560. The first-order valence-corrected chi connectivity index (χ1v) is 13.9. The summed E-state index contributed by atoms with van der Waals surface area (Å²) in [5.74, 6) is 0.665. The number of amides is 2. The van der Waals surface area contributed by atoms with E-state index in [1.165, 1.54) is 5.56 Å². The van der Waals surface area contributed by atoms with Gasteiger partial charge in [-0.15, -0.1) is 0 Å². The van der Waals surface area contributed by atoms with Crippen LogP contribution in [-0.2, 0) is 15.4 Å². The van der Waals surface area contributed by atoms with Gasteiger partial charge in [-0.3, -0.25) is 9.80 Å². The molecule has 2 fully saturated rings. The van der Waals surface area contributed by atoms with Gasteiger partial charge in [0.05, 0.1) is 29.6 Å². The topological polar surface area (TPSA) is 113 Å². The van der Waals surface area contributed by atoms with Gasteiger partial charge in [-0.1, -0.05) is 37.3 Å². The molecule has 35 heavy (non-hydrogen) atoms. The predicted octanol–water partition coefficient (Wildman–Crippen LogP) is 2.63. The molecule has 190 valence electrons. The third-order valence-corrected chi connectivity index (χ3v) is 9.43. The van der Waals surface area contributed by atoms with Crippen molar-refractivity contribution >= 4 is 27.5 Å². The van der Waals surface area contributed by atoms with E-state index in [-0.39, 0.29) is 22.5 Å². The summed E-state index contributed by atoms with van der Waals surface area (Å²) in [6.45, 7) is 3.45. The number of carbonyl (C=O) groups excluding carboxylic acids is 1. The summed E-state index contributed by atoms with van der Waals surface area (Å²) in [4.78, 5) is 27.0. The molecule has 1 aliphatic heterocycles. The van der Waals surface area contributed by atoms with E-state index in [1.807, 2.05) is 11.0 Å². The van der Waals surface area contributed by atoms with Crippen LogP contribution in [0.25, 0.3) is 0 Å². The number of benzene rings is 1. The molecule has 0 radical (unpaired) electrons. The fourth-order valence-corrected chi connectivity index (χ4v) is 6.58. The van der Waals surface area contributed by atoms with Crippen LogP contribution in [0.1, 0.15) is 38.2 Å². The Hall–Kier alpha value is -2.72. The summed E-state index contributed by atoms with van der Waals surface area (Å²) in [5, 5.41) is 0. The molecule has 0 bridgehead atoms. The molecule has 0 spiro atoms. The largest absolute Gasteiger partial charge is 0.351 e. The second-order valence-electron chi connectivity index (χ2n) is 10.4. The molecule has 9 nitrogen and oxygen atoms in total. The molecule has 1 saturated heterocycles. The zero-order valence-electron chi connectivity index (χ0n) is 20.9. The van der Waals surface area contributed by atoms with E-state index in [1.54, 1.807) is 17.3 Å². The van der Waals surface area contributed by atoms with Crippen molar-refractivity contribution in [1.82, 2.24) is 14.9 Å².